The van der Waals surface area contributed by atoms with Gasteiger partial charge in [0, 0.05) is 18.9 Å². The molecule has 0 radical (unpaired) electrons. The molecule has 2 N–H and O–H groups in total. The number of piperidine rings is 1. The molecule has 0 spiro atoms. The van der Waals surface area contributed by atoms with Crippen LogP contribution in [0.4, 0.5) is 0 Å². The third kappa shape index (κ3) is 2.23. The first kappa shape index (κ1) is 12.2. The van der Waals surface area contributed by atoms with Gasteiger partial charge in [0.15, 0.2) is 0 Å². The zero-order chi connectivity index (χ0) is 13.4. The van der Waals surface area contributed by atoms with Gasteiger partial charge in [0.05, 0.1) is 5.92 Å². The van der Waals surface area contributed by atoms with E-state index < -0.39 is 11.9 Å². The van der Waals surface area contributed by atoms with Crippen LogP contribution in [0.3, 0.4) is 0 Å². The smallest absolute Gasteiger partial charge is 0.308 e. The van der Waals surface area contributed by atoms with Gasteiger partial charge in [-0.15, -0.1) is 0 Å². The van der Waals surface area contributed by atoms with Crippen molar-refractivity contribution in [2.75, 3.05) is 6.54 Å². The van der Waals surface area contributed by atoms with E-state index in [1.54, 1.807) is 0 Å². The summed E-state index contributed by atoms with van der Waals surface area (Å²) in [5, 5.41) is 11.9. The fraction of sp³-hybridized carbons (Fsp3) is 0.467. The monoisotopic (exact) mass is 259 g/mol. The Morgan fingerprint density at radius 2 is 2.05 bits per heavy atom. The van der Waals surface area contributed by atoms with E-state index in [0.717, 1.165) is 18.4 Å². The lowest BCUT2D eigenvalue weighted by Gasteiger charge is -2.29. The van der Waals surface area contributed by atoms with Crippen molar-refractivity contribution in [2.45, 2.75) is 31.6 Å². The van der Waals surface area contributed by atoms with Gasteiger partial charge in [0.25, 0.3) is 0 Å². The Bertz CT molecular complexity index is 538. The number of aryl methyl sites for hydroxylation is 2. The number of fused-ring (bicyclic) bond motifs is 1. The first-order valence-corrected chi connectivity index (χ1v) is 6.76. The Balaban J connectivity index is 1.93. The Morgan fingerprint density at radius 3 is 2.84 bits per heavy atom. The van der Waals surface area contributed by atoms with Gasteiger partial charge in [-0.2, -0.15) is 0 Å². The van der Waals surface area contributed by atoms with E-state index in [0.29, 0.717) is 0 Å². The number of carbonyl (C=O) groups is 2. The van der Waals surface area contributed by atoms with Gasteiger partial charge < -0.3 is 10.4 Å². The second kappa shape index (κ2) is 4.68. The van der Waals surface area contributed by atoms with E-state index in [9.17, 15) is 14.7 Å². The van der Waals surface area contributed by atoms with Crippen molar-refractivity contribution >= 4 is 11.9 Å². The summed E-state index contributed by atoms with van der Waals surface area (Å²) in [6.07, 6.45) is 3.63. The van der Waals surface area contributed by atoms with E-state index >= 15 is 0 Å². The zero-order valence-electron chi connectivity index (χ0n) is 10.7. The maximum atomic E-state index is 11.5. The molecule has 2 unspecified atom stereocenters. The van der Waals surface area contributed by atoms with Crippen LogP contribution in [0.5, 0.6) is 0 Å². The summed E-state index contributed by atoms with van der Waals surface area (Å²) >= 11 is 0. The molecule has 1 aromatic rings. The summed E-state index contributed by atoms with van der Waals surface area (Å²) in [7, 11) is 0. The third-order valence-corrected chi connectivity index (χ3v) is 4.28. The lowest BCUT2D eigenvalue weighted by atomic mass is 9.80. The quantitative estimate of drug-likeness (QED) is 0.845. The molecule has 4 heteroatoms. The predicted octanol–water partition coefficient (Wildman–Crippen LogP) is 1.48. The first-order valence-electron chi connectivity index (χ1n) is 6.76. The second-order valence-corrected chi connectivity index (χ2v) is 5.44. The summed E-state index contributed by atoms with van der Waals surface area (Å²) in [6.45, 7) is 0.232. The van der Waals surface area contributed by atoms with Gasteiger partial charge in [0.2, 0.25) is 5.91 Å². The number of amides is 1. The van der Waals surface area contributed by atoms with Crippen molar-refractivity contribution in [3.63, 3.8) is 0 Å². The standard InChI is InChI=1S/C15H17NO3/c17-14-7-12(13(8-16-14)15(18)19)11-5-4-9-2-1-3-10(9)6-11/h4-6,12-13H,1-3,7-8H2,(H,16,17)(H,18,19). The van der Waals surface area contributed by atoms with Crippen molar-refractivity contribution in [2.24, 2.45) is 5.92 Å². The Labute approximate surface area is 111 Å². The zero-order valence-corrected chi connectivity index (χ0v) is 10.7. The summed E-state index contributed by atoms with van der Waals surface area (Å²) in [5.41, 5.74) is 3.70. The Morgan fingerprint density at radius 1 is 1.26 bits per heavy atom. The van der Waals surface area contributed by atoms with E-state index in [-0.39, 0.29) is 24.8 Å². The lowest BCUT2D eigenvalue weighted by molar-refractivity contribution is -0.144. The van der Waals surface area contributed by atoms with E-state index in [4.69, 9.17) is 0 Å². The first-order chi connectivity index (χ1) is 9.15. The van der Waals surface area contributed by atoms with Gasteiger partial charge in [-0.25, -0.2) is 0 Å². The molecule has 0 aromatic heterocycles. The van der Waals surface area contributed by atoms with E-state index in [1.807, 2.05) is 6.07 Å². The van der Waals surface area contributed by atoms with Gasteiger partial charge in [-0.1, -0.05) is 18.2 Å². The number of carboxylic acids is 1. The molecule has 0 saturated carbocycles. The van der Waals surface area contributed by atoms with Gasteiger partial charge in [-0.3, -0.25) is 9.59 Å². The molecule has 2 aliphatic rings. The molecule has 1 fully saturated rings. The fourth-order valence-corrected chi connectivity index (χ4v) is 3.21. The highest BCUT2D eigenvalue weighted by atomic mass is 16.4. The van der Waals surface area contributed by atoms with Crippen molar-refractivity contribution in [1.29, 1.82) is 0 Å². The molecule has 4 nitrogen and oxygen atoms in total. The molecular formula is C15H17NO3. The lowest BCUT2D eigenvalue weighted by Crippen LogP contribution is -2.43. The highest BCUT2D eigenvalue weighted by molar-refractivity contribution is 5.82. The SMILES string of the molecule is O=C1CC(c2ccc3c(c2)CCC3)C(C(=O)O)CN1. The molecule has 19 heavy (non-hydrogen) atoms. The molecule has 0 bridgehead atoms. The fourth-order valence-electron chi connectivity index (χ4n) is 3.21. The molecule has 1 aliphatic carbocycles. The second-order valence-electron chi connectivity index (χ2n) is 5.44. The average molecular weight is 259 g/mol. The topological polar surface area (TPSA) is 66.4 Å². The minimum Gasteiger partial charge on any atom is -0.481 e. The van der Waals surface area contributed by atoms with Crippen LogP contribution in [-0.4, -0.2) is 23.5 Å². The van der Waals surface area contributed by atoms with Crippen LogP contribution >= 0.6 is 0 Å². The molecular weight excluding hydrogens is 242 g/mol. The highest BCUT2D eigenvalue weighted by Crippen LogP contribution is 2.34. The van der Waals surface area contributed by atoms with Crippen molar-refractivity contribution in [1.82, 2.24) is 5.32 Å². The van der Waals surface area contributed by atoms with E-state index in [2.05, 4.69) is 17.4 Å². The number of benzene rings is 1. The van der Waals surface area contributed by atoms with Crippen LogP contribution in [0.25, 0.3) is 0 Å². The van der Waals surface area contributed by atoms with Crippen LogP contribution in [-0.2, 0) is 22.4 Å². The average Bonchev–Trinajstić information content (AvgIpc) is 2.85. The Hall–Kier alpha value is -1.84. The predicted molar refractivity (Wildman–Crippen MR) is 70.0 cm³/mol. The maximum Gasteiger partial charge on any atom is 0.308 e. The molecule has 1 saturated heterocycles. The number of rotatable bonds is 2. The largest absolute Gasteiger partial charge is 0.481 e. The molecule has 1 aromatic carbocycles. The Kier molecular flexibility index (Phi) is 3.01. The van der Waals surface area contributed by atoms with E-state index in [1.165, 1.54) is 17.5 Å². The molecule has 1 aliphatic heterocycles. The van der Waals surface area contributed by atoms with Crippen LogP contribution in [0.2, 0.25) is 0 Å². The van der Waals surface area contributed by atoms with Crippen LogP contribution < -0.4 is 5.32 Å². The van der Waals surface area contributed by atoms with Gasteiger partial charge in [-0.05, 0) is 36.0 Å². The molecule has 100 valence electrons. The number of carbonyl (C=O) groups excluding carboxylic acids is 1. The molecule has 2 atom stereocenters. The summed E-state index contributed by atoms with van der Waals surface area (Å²) in [6, 6.07) is 6.22. The van der Waals surface area contributed by atoms with Gasteiger partial charge in [0.1, 0.15) is 0 Å². The normalized spacial score (nSPS) is 25.8. The summed E-state index contributed by atoms with van der Waals surface area (Å²) < 4.78 is 0. The number of carboxylic acid groups (broad SMARTS) is 1. The summed E-state index contributed by atoms with van der Waals surface area (Å²) in [5.74, 6) is -1.59. The number of aliphatic carboxylic acids is 1. The third-order valence-electron chi connectivity index (χ3n) is 4.28. The molecule has 1 heterocycles. The minimum absolute atomic E-state index is 0.0528. The molecule has 3 rings (SSSR count). The van der Waals surface area contributed by atoms with Crippen molar-refractivity contribution in [3.8, 4) is 0 Å². The maximum absolute atomic E-state index is 11.5. The minimum atomic E-state index is -0.828. The number of nitrogens with one attached hydrogen (secondary N) is 1. The summed E-state index contributed by atoms with van der Waals surface area (Å²) in [4.78, 5) is 22.9. The van der Waals surface area contributed by atoms with Crippen molar-refractivity contribution in [3.05, 3.63) is 34.9 Å². The van der Waals surface area contributed by atoms with Crippen molar-refractivity contribution < 1.29 is 14.7 Å². The number of hydrogen-bond donors (Lipinski definition) is 2. The van der Waals surface area contributed by atoms with Crippen LogP contribution in [0.1, 0.15) is 35.4 Å². The highest BCUT2D eigenvalue weighted by Gasteiger charge is 2.35. The van der Waals surface area contributed by atoms with Crippen LogP contribution in [0, 0.1) is 5.92 Å². The number of hydrogen-bond acceptors (Lipinski definition) is 2. The van der Waals surface area contributed by atoms with Gasteiger partial charge >= 0.3 is 5.97 Å². The molecule has 1 amide bonds. The van der Waals surface area contributed by atoms with Crippen LogP contribution in [0.15, 0.2) is 18.2 Å².